The monoisotopic (exact) mass is 464 g/mol. The molecule has 0 saturated carbocycles. The van der Waals surface area contributed by atoms with E-state index in [0.717, 1.165) is 18.5 Å². The topological polar surface area (TPSA) is 59.1 Å². The molecule has 0 aromatic heterocycles. The van der Waals surface area contributed by atoms with Gasteiger partial charge in [0.25, 0.3) is 0 Å². The van der Waals surface area contributed by atoms with Crippen LogP contribution in [0.5, 0.6) is 11.5 Å². The maximum atomic E-state index is 13.9. The summed E-state index contributed by atoms with van der Waals surface area (Å²) < 4.78 is 40.6. The molecule has 0 bridgehead atoms. The fourth-order valence-electron chi connectivity index (χ4n) is 5.04. The van der Waals surface area contributed by atoms with Crippen LogP contribution in [0.15, 0.2) is 77.7 Å². The lowest BCUT2D eigenvalue weighted by molar-refractivity contribution is 0.154. The van der Waals surface area contributed by atoms with Gasteiger partial charge in [-0.1, -0.05) is 48.5 Å². The molecule has 2 aliphatic rings. The SMILES string of the molecule is CCOc1cc([C@@H]2N3CCc4ccccc4[C@H]3CN2S(=O)(=O)c2ccccc2)ccc1OC. The van der Waals surface area contributed by atoms with Gasteiger partial charge in [0.2, 0.25) is 10.0 Å². The third-order valence-electron chi connectivity index (χ3n) is 6.53. The molecule has 0 radical (unpaired) electrons. The molecule has 6 nitrogen and oxygen atoms in total. The van der Waals surface area contributed by atoms with E-state index >= 15 is 0 Å². The van der Waals surface area contributed by atoms with Gasteiger partial charge in [0.15, 0.2) is 11.5 Å². The van der Waals surface area contributed by atoms with Crippen molar-refractivity contribution in [2.75, 3.05) is 26.8 Å². The summed E-state index contributed by atoms with van der Waals surface area (Å²) in [6.07, 6.45) is 0.454. The Kier molecular flexibility index (Phi) is 5.86. The van der Waals surface area contributed by atoms with Crippen LogP contribution in [0, 0.1) is 0 Å². The Balaban J connectivity index is 1.64. The van der Waals surface area contributed by atoms with Crippen LogP contribution in [0.2, 0.25) is 0 Å². The average Bonchev–Trinajstić information content (AvgIpc) is 3.26. The van der Waals surface area contributed by atoms with E-state index in [2.05, 4.69) is 23.1 Å². The first-order chi connectivity index (χ1) is 16.0. The molecule has 0 aliphatic carbocycles. The van der Waals surface area contributed by atoms with Crippen LogP contribution in [0.3, 0.4) is 0 Å². The summed E-state index contributed by atoms with van der Waals surface area (Å²) in [6, 6.07) is 22.8. The number of rotatable bonds is 6. The lowest BCUT2D eigenvalue weighted by Gasteiger charge is -2.36. The molecule has 0 N–H and O–H groups in total. The molecule has 7 heteroatoms. The number of hydrogen-bond donors (Lipinski definition) is 0. The second-order valence-corrected chi connectivity index (χ2v) is 10.2. The lowest BCUT2D eigenvalue weighted by Crippen LogP contribution is -2.37. The van der Waals surface area contributed by atoms with Gasteiger partial charge in [-0.05, 0) is 54.3 Å². The Morgan fingerprint density at radius 1 is 0.970 bits per heavy atom. The van der Waals surface area contributed by atoms with Crippen LogP contribution >= 0.6 is 0 Å². The van der Waals surface area contributed by atoms with Crippen molar-refractivity contribution in [1.82, 2.24) is 9.21 Å². The predicted molar refractivity (Wildman–Crippen MR) is 127 cm³/mol. The van der Waals surface area contributed by atoms with Crippen LogP contribution in [-0.4, -0.2) is 44.4 Å². The molecule has 2 heterocycles. The highest BCUT2D eigenvalue weighted by molar-refractivity contribution is 7.89. The van der Waals surface area contributed by atoms with E-state index < -0.39 is 16.2 Å². The smallest absolute Gasteiger partial charge is 0.244 e. The van der Waals surface area contributed by atoms with Crippen molar-refractivity contribution >= 4 is 10.0 Å². The highest BCUT2D eigenvalue weighted by Gasteiger charge is 2.48. The van der Waals surface area contributed by atoms with E-state index in [4.69, 9.17) is 9.47 Å². The van der Waals surface area contributed by atoms with Crippen LogP contribution in [0.1, 0.15) is 35.8 Å². The van der Waals surface area contributed by atoms with E-state index in [0.29, 0.717) is 29.5 Å². The van der Waals surface area contributed by atoms with Crippen molar-refractivity contribution in [3.05, 3.63) is 89.5 Å². The van der Waals surface area contributed by atoms with Gasteiger partial charge in [-0.15, -0.1) is 0 Å². The summed E-state index contributed by atoms with van der Waals surface area (Å²) in [5, 5.41) is 0. The summed E-state index contributed by atoms with van der Waals surface area (Å²) in [6.45, 7) is 3.60. The zero-order chi connectivity index (χ0) is 23.0. The van der Waals surface area contributed by atoms with Gasteiger partial charge in [-0.2, -0.15) is 4.31 Å². The van der Waals surface area contributed by atoms with Crippen LogP contribution in [0.4, 0.5) is 0 Å². The minimum absolute atomic E-state index is 0.00363. The first-order valence-electron chi connectivity index (χ1n) is 11.3. The van der Waals surface area contributed by atoms with E-state index in [-0.39, 0.29) is 6.04 Å². The normalized spacial score (nSPS) is 20.8. The molecule has 172 valence electrons. The molecule has 0 spiro atoms. The van der Waals surface area contributed by atoms with Crippen LogP contribution < -0.4 is 9.47 Å². The summed E-state index contributed by atoms with van der Waals surface area (Å²) >= 11 is 0. The van der Waals surface area contributed by atoms with E-state index in [1.165, 1.54) is 11.1 Å². The number of methoxy groups -OCH3 is 1. The molecule has 1 fully saturated rings. The first kappa shape index (κ1) is 21.9. The van der Waals surface area contributed by atoms with E-state index in [1.54, 1.807) is 35.7 Å². The third-order valence-corrected chi connectivity index (χ3v) is 8.36. The zero-order valence-corrected chi connectivity index (χ0v) is 19.7. The Bertz CT molecular complexity index is 1250. The Labute approximate surface area is 195 Å². The minimum atomic E-state index is -3.72. The van der Waals surface area contributed by atoms with Crippen molar-refractivity contribution in [3.8, 4) is 11.5 Å². The number of sulfonamides is 1. The Hall–Kier alpha value is -2.87. The molecule has 5 rings (SSSR count). The first-order valence-corrected chi connectivity index (χ1v) is 12.7. The van der Waals surface area contributed by atoms with Gasteiger partial charge in [0.05, 0.1) is 24.7 Å². The van der Waals surface area contributed by atoms with Crippen molar-refractivity contribution in [3.63, 3.8) is 0 Å². The summed E-state index contributed by atoms with van der Waals surface area (Å²) in [5.74, 6) is 1.26. The van der Waals surface area contributed by atoms with Gasteiger partial charge in [0, 0.05) is 13.1 Å². The van der Waals surface area contributed by atoms with Gasteiger partial charge in [0.1, 0.15) is 6.17 Å². The molecule has 3 aromatic carbocycles. The quantitative estimate of drug-likeness (QED) is 0.541. The highest BCUT2D eigenvalue weighted by Crippen LogP contribution is 2.47. The highest BCUT2D eigenvalue weighted by atomic mass is 32.2. The fourth-order valence-corrected chi connectivity index (χ4v) is 6.66. The number of ether oxygens (including phenoxy) is 2. The molecule has 33 heavy (non-hydrogen) atoms. The largest absolute Gasteiger partial charge is 0.493 e. The predicted octanol–water partition coefficient (Wildman–Crippen LogP) is 4.40. The van der Waals surface area contributed by atoms with Crippen molar-refractivity contribution in [2.45, 2.75) is 30.4 Å². The van der Waals surface area contributed by atoms with E-state index in [1.807, 2.05) is 37.3 Å². The maximum absolute atomic E-state index is 13.9. The fraction of sp³-hybridized carbons (Fsp3) is 0.308. The van der Waals surface area contributed by atoms with Gasteiger partial charge in [-0.25, -0.2) is 8.42 Å². The van der Waals surface area contributed by atoms with Gasteiger partial charge < -0.3 is 9.47 Å². The Morgan fingerprint density at radius 3 is 2.48 bits per heavy atom. The summed E-state index contributed by atoms with van der Waals surface area (Å²) in [7, 11) is -2.11. The summed E-state index contributed by atoms with van der Waals surface area (Å²) in [4.78, 5) is 2.61. The molecule has 3 aromatic rings. The van der Waals surface area contributed by atoms with Crippen molar-refractivity contribution in [1.29, 1.82) is 0 Å². The van der Waals surface area contributed by atoms with Gasteiger partial charge in [-0.3, -0.25) is 4.90 Å². The molecule has 1 saturated heterocycles. The summed E-state index contributed by atoms with van der Waals surface area (Å²) in [5.41, 5.74) is 3.37. The molecule has 2 aliphatic heterocycles. The number of benzene rings is 3. The molecular weight excluding hydrogens is 436 g/mol. The number of nitrogens with zero attached hydrogens (tertiary/aromatic N) is 2. The second-order valence-electron chi connectivity index (χ2n) is 8.31. The number of hydrogen-bond acceptors (Lipinski definition) is 5. The second kappa shape index (κ2) is 8.82. The van der Waals surface area contributed by atoms with Gasteiger partial charge >= 0.3 is 0 Å². The molecule has 0 amide bonds. The average molecular weight is 465 g/mol. The maximum Gasteiger partial charge on any atom is 0.244 e. The van der Waals surface area contributed by atoms with Crippen molar-refractivity contribution < 1.29 is 17.9 Å². The standard InChI is InChI=1S/C26H28N2O4S/c1-3-32-25-17-20(13-14-24(25)31-2)26-27-16-15-19-9-7-8-12-22(19)23(27)18-28(26)33(29,30)21-10-5-4-6-11-21/h4-14,17,23,26H,3,15-16,18H2,1-2H3/t23-,26-/m1/s1. The molecule has 2 atom stereocenters. The minimum Gasteiger partial charge on any atom is -0.493 e. The van der Waals surface area contributed by atoms with E-state index in [9.17, 15) is 8.42 Å². The van der Waals surface area contributed by atoms with Crippen LogP contribution in [-0.2, 0) is 16.4 Å². The van der Waals surface area contributed by atoms with Crippen LogP contribution in [0.25, 0.3) is 0 Å². The molecular formula is C26H28N2O4S. The Morgan fingerprint density at radius 2 is 1.73 bits per heavy atom. The molecule has 0 unspecified atom stereocenters. The number of fused-ring (bicyclic) bond motifs is 3. The van der Waals surface area contributed by atoms with Crippen molar-refractivity contribution in [2.24, 2.45) is 0 Å². The zero-order valence-electron chi connectivity index (χ0n) is 18.8. The lowest BCUT2D eigenvalue weighted by atomic mass is 9.93. The third kappa shape index (κ3) is 3.80.